The number of rotatable bonds is 2. The molecule has 3 rings (SSSR count). The topological polar surface area (TPSA) is 40.8 Å². The van der Waals surface area contributed by atoms with Gasteiger partial charge >= 0.3 is 0 Å². The summed E-state index contributed by atoms with van der Waals surface area (Å²) in [5.74, 6) is 1.10. The molecule has 1 aliphatic heterocycles. The standard InChI is InChI=1S/C12H15N3O/c1-2-12(16)8-14(9-12)11-5-3-4-10-13-6-7-15(10)11/h3-7,16H,2,8-9H2,1H3. The fraction of sp³-hybridized carbons (Fsp3) is 0.417. The molecule has 4 nitrogen and oxygen atoms in total. The molecule has 0 atom stereocenters. The average molecular weight is 217 g/mol. The number of β-amino-alcohol motifs (C(OH)–C–C–N with tert-alkyl or cyclic N) is 1. The van der Waals surface area contributed by atoms with Crippen LogP contribution in [0.4, 0.5) is 5.82 Å². The van der Waals surface area contributed by atoms with E-state index in [-0.39, 0.29) is 0 Å². The summed E-state index contributed by atoms with van der Waals surface area (Å²) in [6.07, 6.45) is 4.56. The Morgan fingerprint density at radius 3 is 3.00 bits per heavy atom. The van der Waals surface area contributed by atoms with Crippen molar-refractivity contribution in [3.8, 4) is 0 Å². The lowest BCUT2D eigenvalue weighted by Gasteiger charge is -2.47. The fourth-order valence-electron chi connectivity index (χ4n) is 2.24. The second-order valence-corrected chi connectivity index (χ2v) is 4.47. The van der Waals surface area contributed by atoms with Crippen LogP contribution in [-0.4, -0.2) is 33.2 Å². The quantitative estimate of drug-likeness (QED) is 0.824. The van der Waals surface area contributed by atoms with Gasteiger partial charge in [0, 0.05) is 25.5 Å². The molecule has 1 saturated heterocycles. The van der Waals surface area contributed by atoms with Gasteiger partial charge in [0.05, 0.1) is 5.60 Å². The summed E-state index contributed by atoms with van der Waals surface area (Å²) in [5, 5.41) is 10.0. The van der Waals surface area contributed by atoms with Crippen LogP contribution >= 0.6 is 0 Å². The summed E-state index contributed by atoms with van der Waals surface area (Å²) in [6, 6.07) is 6.04. The predicted molar refractivity (Wildman–Crippen MR) is 62.6 cm³/mol. The van der Waals surface area contributed by atoms with Crippen molar-refractivity contribution in [2.75, 3.05) is 18.0 Å². The normalized spacial score (nSPS) is 18.8. The number of nitrogens with zero attached hydrogens (tertiary/aromatic N) is 3. The van der Waals surface area contributed by atoms with Crippen molar-refractivity contribution >= 4 is 11.5 Å². The van der Waals surface area contributed by atoms with Crippen LogP contribution in [0.15, 0.2) is 30.6 Å². The van der Waals surface area contributed by atoms with Crippen molar-refractivity contribution < 1.29 is 5.11 Å². The average Bonchev–Trinajstić information content (AvgIpc) is 2.72. The maximum absolute atomic E-state index is 10.0. The van der Waals surface area contributed by atoms with Gasteiger partial charge in [0.25, 0.3) is 0 Å². The summed E-state index contributed by atoms with van der Waals surface area (Å²) >= 11 is 0. The molecule has 0 aromatic carbocycles. The molecule has 1 aliphatic rings. The molecule has 0 unspecified atom stereocenters. The Bertz CT molecular complexity index is 514. The van der Waals surface area contributed by atoms with E-state index in [1.54, 1.807) is 6.20 Å². The van der Waals surface area contributed by atoms with Gasteiger partial charge in [-0.15, -0.1) is 0 Å². The Labute approximate surface area is 94.1 Å². The Morgan fingerprint density at radius 2 is 2.25 bits per heavy atom. The van der Waals surface area contributed by atoms with E-state index >= 15 is 0 Å². The largest absolute Gasteiger partial charge is 0.386 e. The minimum Gasteiger partial charge on any atom is -0.386 e. The molecular formula is C12H15N3O. The van der Waals surface area contributed by atoms with E-state index in [0.717, 1.165) is 17.9 Å². The van der Waals surface area contributed by atoms with Gasteiger partial charge in [0.1, 0.15) is 11.5 Å². The van der Waals surface area contributed by atoms with E-state index in [1.807, 2.05) is 25.3 Å². The second kappa shape index (κ2) is 3.22. The molecule has 0 radical (unpaired) electrons. The van der Waals surface area contributed by atoms with Crippen LogP contribution in [0.3, 0.4) is 0 Å². The Kier molecular flexibility index (Phi) is 1.94. The third-order valence-electron chi connectivity index (χ3n) is 3.36. The van der Waals surface area contributed by atoms with E-state index in [0.29, 0.717) is 13.1 Å². The Balaban J connectivity index is 1.94. The fourth-order valence-corrected chi connectivity index (χ4v) is 2.24. The van der Waals surface area contributed by atoms with Gasteiger partial charge in [-0.1, -0.05) is 13.0 Å². The first-order valence-electron chi connectivity index (χ1n) is 5.61. The van der Waals surface area contributed by atoms with Crippen LogP contribution in [0.2, 0.25) is 0 Å². The molecule has 1 fully saturated rings. The van der Waals surface area contributed by atoms with Gasteiger partial charge in [0.2, 0.25) is 0 Å². The first kappa shape index (κ1) is 9.66. The van der Waals surface area contributed by atoms with Crippen molar-refractivity contribution in [3.05, 3.63) is 30.6 Å². The van der Waals surface area contributed by atoms with E-state index < -0.39 is 5.60 Å². The van der Waals surface area contributed by atoms with Crippen LogP contribution in [0, 0.1) is 0 Å². The van der Waals surface area contributed by atoms with Gasteiger partial charge in [-0.05, 0) is 18.6 Å². The molecule has 4 heteroatoms. The number of fused-ring (bicyclic) bond motifs is 1. The summed E-state index contributed by atoms with van der Waals surface area (Å²) in [4.78, 5) is 6.43. The SMILES string of the molecule is CCC1(O)CN(c2cccc3nccn23)C1. The van der Waals surface area contributed by atoms with E-state index in [9.17, 15) is 5.11 Å². The minimum absolute atomic E-state index is 0.497. The second-order valence-electron chi connectivity index (χ2n) is 4.47. The highest BCUT2D eigenvalue weighted by Gasteiger charge is 2.40. The lowest BCUT2D eigenvalue weighted by molar-refractivity contribution is 0.00795. The number of pyridine rings is 1. The molecule has 0 aliphatic carbocycles. The van der Waals surface area contributed by atoms with Crippen molar-refractivity contribution in [2.24, 2.45) is 0 Å². The molecule has 16 heavy (non-hydrogen) atoms. The Morgan fingerprint density at radius 1 is 1.44 bits per heavy atom. The molecule has 84 valence electrons. The molecule has 2 aromatic rings. The monoisotopic (exact) mass is 217 g/mol. The van der Waals surface area contributed by atoms with Crippen LogP contribution < -0.4 is 4.90 Å². The summed E-state index contributed by atoms with van der Waals surface area (Å²) in [7, 11) is 0. The lowest BCUT2D eigenvalue weighted by atomic mass is 9.91. The zero-order chi connectivity index (χ0) is 11.2. The van der Waals surface area contributed by atoms with Gasteiger partial charge in [0.15, 0.2) is 0 Å². The maximum Gasteiger partial charge on any atom is 0.138 e. The number of aromatic nitrogens is 2. The number of aliphatic hydroxyl groups is 1. The van der Waals surface area contributed by atoms with Crippen molar-refractivity contribution in [3.63, 3.8) is 0 Å². The molecule has 1 N–H and O–H groups in total. The molecule has 3 heterocycles. The van der Waals surface area contributed by atoms with Crippen LogP contribution in [0.1, 0.15) is 13.3 Å². The first-order chi connectivity index (χ1) is 7.72. The van der Waals surface area contributed by atoms with Gasteiger partial charge in [-0.2, -0.15) is 0 Å². The van der Waals surface area contributed by atoms with Gasteiger partial charge in [-0.3, -0.25) is 4.40 Å². The highest BCUT2D eigenvalue weighted by Crippen LogP contribution is 2.29. The highest BCUT2D eigenvalue weighted by molar-refractivity contribution is 5.53. The van der Waals surface area contributed by atoms with Crippen molar-refractivity contribution in [2.45, 2.75) is 18.9 Å². The van der Waals surface area contributed by atoms with Gasteiger partial charge < -0.3 is 10.0 Å². The molecule has 2 aromatic heterocycles. The number of hydrogen-bond acceptors (Lipinski definition) is 3. The number of imidazole rings is 1. The van der Waals surface area contributed by atoms with E-state index in [4.69, 9.17) is 0 Å². The minimum atomic E-state index is -0.497. The summed E-state index contributed by atoms with van der Waals surface area (Å²) in [6.45, 7) is 3.44. The van der Waals surface area contributed by atoms with Crippen LogP contribution in [0.25, 0.3) is 5.65 Å². The molecule has 0 spiro atoms. The summed E-state index contributed by atoms with van der Waals surface area (Å²) in [5.41, 5.74) is 0.451. The maximum atomic E-state index is 10.0. The van der Waals surface area contributed by atoms with Gasteiger partial charge in [-0.25, -0.2) is 4.98 Å². The Hall–Kier alpha value is -1.55. The third-order valence-corrected chi connectivity index (χ3v) is 3.36. The van der Waals surface area contributed by atoms with Crippen LogP contribution in [0.5, 0.6) is 0 Å². The lowest BCUT2D eigenvalue weighted by Crippen LogP contribution is -2.62. The number of hydrogen-bond donors (Lipinski definition) is 1. The molecule has 0 saturated carbocycles. The zero-order valence-electron chi connectivity index (χ0n) is 9.30. The molecular weight excluding hydrogens is 202 g/mol. The molecule has 0 bridgehead atoms. The molecule has 0 amide bonds. The smallest absolute Gasteiger partial charge is 0.138 e. The zero-order valence-corrected chi connectivity index (χ0v) is 9.30. The highest BCUT2D eigenvalue weighted by atomic mass is 16.3. The third kappa shape index (κ3) is 1.30. The van der Waals surface area contributed by atoms with E-state index in [1.165, 1.54) is 0 Å². The van der Waals surface area contributed by atoms with Crippen molar-refractivity contribution in [1.29, 1.82) is 0 Å². The van der Waals surface area contributed by atoms with E-state index in [2.05, 4.69) is 20.4 Å². The van der Waals surface area contributed by atoms with Crippen LogP contribution in [-0.2, 0) is 0 Å². The summed E-state index contributed by atoms with van der Waals surface area (Å²) < 4.78 is 2.05. The first-order valence-corrected chi connectivity index (χ1v) is 5.61. The van der Waals surface area contributed by atoms with Crippen molar-refractivity contribution in [1.82, 2.24) is 9.38 Å². The predicted octanol–water partition coefficient (Wildman–Crippen LogP) is 1.30. The number of anilines is 1.